The molecule has 2 amide bonds. The van der Waals surface area contributed by atoms with Gasteiger partial charge in [-0.3, -0.25) is 14.4 Å². The van der Waals surface area contributed by atoms with Crippen LogP contribution in [0.25, 0.3) is 0 Å². The molecule has 1 fully saturated rings. The molecule has 0 bridgehead atoms. The molecule has 1 saturated heterocycles. The molecule has 1 heterocycles. The predicted molar refractivity (Wildman–Crippen MR) is 129 cm³/mol. The summed E-state index contributed by atoms with van der Waals surface area (Å²) in [6.45, 7) is 4.22. The third-order valence-electron chi connectivity index (χ3n) is 5.62. The van der Waals surface area contributed by atoms with E-state index in [0.29, 0.717) is 22.7 Å². The van der Waals surface area contributed by atoms with E-state index >= 15 is 0 Å². The van der Waals surface area contributed by atoms with E-state index < -0.39 is 11.9 Å². The number of carbonyl (C=O) groups is 3. The van der Waals surface area contributed by atoms with E-state index in [1.807, 2.05) is 32.0 Å². The first-order valence-corrected chi connectivity index (χ1v) is 11.0. The second kappa shape index (κ2) is 9.79. The van der Waals surface area contributed by atoms with Gasteiger partial charge < -0.3 is 19.7 Å². The number of amides is 2. The molecule has 1 N–H and O–H groups in total. The molecule has 34 heavy (non-hydrogen) atoms. The molecule has 174 valence electrons. The highest BCUT2D eigenvalue weighted by molar-refractivity contribution is 6.04. The Balaban J connectivity index is 1.41. The molecule has 0 aliphatic carbocycles. The van der Waals surface area contributed by atoms with Crippen LogP contribution >= 0.6 is 0 Å². The molecule has 1 aliphatic rings. The van der Waals surface area contributed by atoms with Crippen LogP contribution in [0.5, 0.6) is 11.5 Å². The summed E-state index contributed by atoms with van der Waals surface area (Å²) in [4.78, 5) is 39.6. The van der Waals surface area contributed by atoms with Crippen LogP contribution in [0.4, 0.5) is 11.4 Å². The number of nitrogens with one attached hydrogen (secondary N) is 1. The Bertz CT molecular complexity index is 1230. The molecule has 0 radical (unpaired) electrons. The fourth-order valence-corrected chi connectivity index (χ4v) is 4.03. The molecule has 7 heteroatoms. The van der Waals surface area contributed by atoms with Crippen molar-refractivity contribution in [3.63, 3.8) is 0 Å². The van der Waals surface area contributed by atoms with Crippen molar-refractivity contribution in [2.75, 3.05) is 23.9 Å². The number of hydrogen-bond donors (Lipinski definition) is 1. The lowest BCUT2D eigenvalue weighted by Gasteiger charge is -2.18. The summed E-state index contributed by atoms with van der Waals surface area (Å²) in [5.41, 5.74) is 3.83. The summed E-state index contributed by atoms with van der Waals surface area (Å²) in [5, 5.41) is 2.79. The van der Waals surface area contributed by atoms with E-state index in [9.17, 15) is 14.4 Å². The van der Waals surface area contributed by atoms with E-state index in [1.165, 1.54) is 7.11 Å². The van der Waals surface area contributed by atoms with Gasteiger partial charge in [0.15, 0.2) is 0 Å². The number of rotatable bonds is 6. The lowest BCUT2D eigenvalue weighted by molar-refractivity contribution is -0.139. The molecular weight excluding hydrogens is 432 g/mol. The Labute approximate surface area is 198 Å². The highest BCUT2D eigenvalue weighted by Gasteiger charge is 2.36. The number of hydrogen-bond acceptors (Lipinski definition) is 5. The number of aryl methyl sites for hydroxylation is 2. The number of carbonyl (C=O) groups excluding carboxylic acids is 3. The molecule has 0 spiro atoms. The van der Waals surface area contributed by atoms with Gasteiger partial charge in [-0.05, 0) is 67.4 Å². The number of anilines is 2. The fourth-order valence-electron chi connectivity index (χ4n) is 4.03. The number of methoxy groups -OCH3 is 1. The zero-order valence-electron chi connectivity index (χ0n) is 19.3. The Kier molecular flexibility index (Phi) is 6.63. The van der Waals surface area contributed by atoms with Gasteiger partial charge in [0.05, 0.1) is 13.0 Å². The Morgan fingerprint density at radius 1 is 0.941 bits per heavy atom. The zero-order valence-corrected chi connectivity index (χ0v) is 19.3. The first-order valence-electron chi connectivity index (χ1n) is 11.0. The van der Waals surface area contributed by atoms with Crippen molar-refractivity contribution in [1.82, 2.24) is 0 Å². The first-order chi connectivity index (χ1) is 16.3. The number of benzene rings is 3. The van der Waals surface area contributed by atoms with Crippen LogP contribution < -0.4 is 19.7 Å². The quantitative estimate of drug-likeness (QED) is 0.434. The number of esters is 1. The van der Waals surface area contributed by atoms with Crippen LogP contribution in [-0.2, 0) is 9.59 Å². The third-order valence-corrected chi connectivity index (χ3v) is 5.62. The van der Waals surface area contributed by atoms with Gasteiger partial charge in [-0.15, -0.1) is 0 Å². The maximum atomic E-state index is 12.8. The summed E-state index contributed by atoms with van der Waals surface area (Å²) >= 11 is 0. The van der Waals surface area contributed by atoms with Crippen molar-refractivity contribution in [2.45, 2.75) is 20.3 Å². The molecule has 7 nitrogen and oxygen atoms in total. The monoisotopic (exact) mass is 458 g/mol. The van der Waals surface area contributed by atoms with Gasteiger partial charge in [-0.2, -0.15) is 0 Å². The topological polar surface area (TPSA) is 84.9 Å². The average molecular weight is 459 g/mol. The van der Waals surface area contributed by atoms with E-state index in [4.69, 9.17) is 9.47 Å². The Morgan fingerprint density at radius 2 is 1.65 bits per heavy atom. The second-order valence-corrected chi connectivity index (χ2v) is 8.39. The van der Waals surface area contributed by atoms with Crippen molar-refractivity contribution in [2.24, 2.45) is 5.92 Å². The van der Waals surface area contributed by atoms with Crippen LogP contribution in [-0.4, -0.2) is 31.4 Å². The van der Waals surface area contributed by atoms with Crippen LogP contribution in [0.1, 0.15) is 27.9 Å². The number of nitrogens with zero attached hydrogens (tertiary/aromatic N) is 1. The van der Waals surface area contributed by atoms with Crippen molar-refractivity contribution < 1.29 is 23.9 Å². The Morgan fingerprint density at radius 3 is 2.38 bits per heavy atom. The largest absolute Gasteiger partial charge is 0.497 e. The summed E-state index contributed by atoms with van der Waals surface area (Å²) in [6.07, 6.45) is 0.0953. The van der Waals surface area contributed by atoms with Crippen LogP contribution in [0.3, 0.4) is 0 Å². The number of ether oxygens (including phenoxy) is 2. The second-order valence-electron chi connectivity index (χ2n) is 8.39. The van der Waals surface area contributed by atoms with Gasteiger partial charge in [0.1, 0.15) is 11.5 Å². The SMILES string of the molecule is COc1cccc(C(=O)Nc2cccc(OC(=O)C3CC(=O)N(c4cc(C)cc(C)c4)C3)c2)c1. The first kappa shape index (κ1) is 23.0. The highest BCUT2D eigenvalue weighted by Crippen LogP contribution is 2.28. The van der Waals surface area contributed by atoms with Crippen molar-refractivity contribution in [3.8, 4) is 11.5 Å². The minimum atomic E-state index is -0.566. The molecule has 1 atom stereocenters. The smallest absolute Gasteiger partial charge is 0.316 e. The minimum absolute atomic E-state index is 0.0953. The lowest BCUT2D eigenvalue weighted by atomic mass is 10.1. The van der Waals surface area contributed by atoms with Gasteiger partial charge in [0.2, 0.25) is 5.91 Å². The normalized spacial score (nSPS) is 15.2. The maximum Gasteiger partial charge on any atom is 0.316 e. The molecule has 0 aromatic heterocycles. The van der Waals surface area contributed by atoms with Crippen molar-refractivity contribution >= 4 is 29.2 Å². The minimum Gasteiger partial charge on any atom is -0.497 e. The van der Waals surface area contributed by atoms with Crippen LogP contribution in [0.2, 0.25) is 0 Å². The van der Waals surface area contributed by atoms with Gasteiger partial charge in [0, 0.05) is 36.0 Å². The molecule has 4 rings (SSSR count). The van der Waals surface area contributed by atoms with E-state index in [1.54, 1.807) is 53.4 Å². The molecule has 1 unspecified atom stereocenters. The fraction of sp³-hybridized carbons (Fsp3) is 0.222. The van der Waals surface area contributed by atoms with E-state index in [0.717, 1.165) is 16.8 Å². The van der Waals surface area contributed by atoms with Crippen molar-refractivity contribution in [1.29, 1.82) is 0 Å². The predicted octanol–water partition coefficient (Wildman–Crippen LogP) is 4.52. The van der Waals surface area contributed by atoms with Gasteiger partial charge in [-0.1, -0.05) is 18.2 Å². The van der Waals surface area contributed by atoms with E-state index in [-0.39, 0.29) is 24.8 Å². The van der Waals surface area contributed by atoms with Gasteiger partial charge in [0.25, 0.3) is 5.91 Å². The molecule has 1 aliphatic heterocycles. The summed E-state index contributed by atoms with van der Waals surface area (Å²) in [6, 6.07) is 19.3. The van der Waals surface area contributed by atoms with E-state index in [2.05, 4.69) is 5.32 Å². The average Bonchev–Trinajstić information content (AvgIpc) is 3.20. The molecule has 3 aromatic rings. The maximum absolute atomic E-state index is 12.8. The molecular formula is C27H26N2O5. The van der Waals surface area contributed by atoms with Crippen LogP contribution in [0, 0.1) is 19.8 Å². The standard InChI is InChI=1S/C27H26N2O5/c1-17-10-18(2)12-22(11-17)29-16-20(14-25(29)30)27(32)34-24-9-5-7-21(15-24)28-26(31)19-6-4-8-23(13-19)33-3/h4-13,15,20H,14,16H2,1-3H3,(H,28,31). The van der Waals surface area contributed by atoms with Gasteiger partial charge >= 0.3 is 5.97 Å². The highest BCUT2D eigenvalue weighted by atomic mass is 16.5. The summed E-state index contributed by atoms with van der Waals surface area (Å²) in [5.74, 6) is -0.582. The third kappa shape index (κ3) is 5.26. The van der Waals surface area contributed by atoms with Gasteiger partial charge in [-0.25, -0.2) is 0 Å². The summed E-state index contributed by atoms with van der Waals surface area (Å²) < 4.78 is 10.7. The summed E-state index contributed by atoms with van der Waals surface area (Å²) in [7, 11) is 1.54. The molecule has 3 aromatic carbocycles. The van der Waals surface area contributed by atoms with Crippen molar-refractivity contribution in [3.05, 3.63) is 83.4 Å². The Hall–Kier alpha value is -4.13. The van der Waals surface area contributed by atoms with Crippen LogP contribution in [0.15, 0.2) is 66.7 Å². The molecule has 0 saturated carbocycles. The zero-order chi connectivity index (χ0) is 24.2. The lowest BCUT2D eigenvalue weighted by Crippen LogP contribution is -2.27.